The average Bonchev–Trinajstić information content (AvgIpc) is 4.10. The third kappa shape index (κ3) is 8.92. The summed E-state index contributed by atoms with van der Waals surface area (Å²) in [5.41, 5.74) is 5.70. The van der Waals surface area contributed by atoms with Crippen molar-refractivity contribution in [2.75, 3.05) is 41.7 Å². The van der Waals surface area contributed by atoms with Crippen molar-refractivity contribution < 1.29 is 29.4 Å². The van der Waals surface area contributed by atoms with Crippen molar-refractivity contribution in [1.29, 1.82) is 0 Å². The van der Waals surface area contributed by atoms with Crippen molar-refractivity contribution >= 4 is 46.2 Å². The van der Waals surface area contributed by atoms with Gasteiger partial charge in [-0.2, -0.15) is 10.1 Å². The van der Waals surface area contributed by atoms with Gasteiger partial charge in [0.15, 0.2) is 5.65 Å². The Labute approximate surface area is 357 Å². The number of hydrogen-bond acceptors (Lipinski definition) is 14. The molecule has 0 bridgehead atoms. The van der Waals surface area contributed by atoms with Crippen LogP contribution in [0.3, 0.4) is 0 Å². The van der Waals surface area contributed by atoms with Gasteiger partial charge in [0.2, 0.25) is 11.7 Å². The predicted molar refractivity (Wildman–Crippen MR) is 226 cm³/mol. The molecule has 2 saturated heterocycles. The van der Waals surface area contributed by atoms with Crippen LogP contribution in [0.25, 0.3) is 17.2 Å². The number of amides is 3. The molecule has 18 nitrogen and oxygen atoms in total. The number of fused-ring (bicyclic) bond motifs is 2. The van der Waals surface area contributed by atoms with Crippen LogP contribution in [0.1, 0.15) is 97.6 Å². The van der Waals surface area contributed by atoms with Crippen molar-refractivity contribution in [1.82, 2.24) is 44.8 Å². The van der Waals surface area contributed by atoms with Gasteiger partial charge >= 0.3 is 6.03 Å². The highest BCUT2D eigenvalue weighted by Crippen LogP contribution is 2.38. The van der Waals surface area contributed by atoms with Gasteiger partial charge in [-0.05, 0) is 74.8 Å². The van der Waals surface area contributed by atoms with Crippen molar-refractivity contribution in [3.63, 3.8) is 0 Å². The van der Waals surface area contributed by atoms with E-state index in [1.807, 2.05) is 22.7 Å². The smallest absolute Gasteiger partial charge is 0.323 e. The summed E-state index contributed by atoms with van der Waals surface area (Å²) in [4.78, 5) is 45.7. The number of carbonyl (C=O) groups is 2. The monoisotopic (exact) mass is 854 g/mol. The Balaban J connectivity index is 0.699. The van der Waals surface area contributed by atoms with Gasteiger partial charge in [-0.25, -0.2) is 19.3 Å². The van der Waals surface area contributed by atoms with Crippen molar-refractivity contribution in [3.8, 4) is 11.5 Å². The van der Waals surface area contributed by atoms with Crippen LogP contribution in [0.4, 0.5) is 21.9 Å². The molecule has 0 spiro atoms. The Hall–Kier alpha value is -5.24. The molecule has 4 atom stereocenters. The van der Waals surface area contributed by atoms with Gasteiger partial charge in [-0.15, -0.1) is 0 Å². The highest BCUT2D eigenvalue weighted by Gasteiger charge is 2.39. The predicted octanol–water partition coefficient (Wildman–Crippen LogP) is 4.72. The molecule has 5 aromatic rings. The van der Waals surface area contributed by atoms with E-state index in [-0.39, 0.29) is 28.7 Å². The van der Waals surface area contributed by atoms with Crippen molar-refractivity contribution in [3.05, 3.63) is 76.7 Å². The summed E-state index contributed by atoms with van der Waals surface area (Å²) in [5.74, 6) is 0.933. The van der Waals surface area contributed by atoms with E-state index in [1.54, 1.807) is 23.4 Å². The molecule has 7 heterocycles. The number of nitrogens with zero attached hydrogens (tertiary/aromatic N) is 9. The van der Waals surface area contributed by atoms with Gasteiger partial charge in [0.25, 0.3) is 5.91 Å². The fourth-order valence-electron chi connectivity index (χ4n) is 9.23. The zero-order valence-corrected chi connectivity index (χ0v) is 34.5. The maximum Gasteiger partial charge on any atom is 0.323 e. The lowest BCUT2D eigenvalue weighted by atomic mass is 10.0. The maximum absolute atomic E-state index is 13.2. The minimum absolute atomic E-state index is 0.0904. The topological polar surface area (TPSA) is 223 Å². The highest BCUT2D eigenvalue weighted by atomic mass is 35.5. The van der Waals surface area contributed by atoms with Gasteiger partial charge in [-0.3, -0.25) is 15.0 Å². The first-order valence-corrected chi connectivity index (χ1v) is 21.7. The molecular formula is C42H51ClN12O6. The molecule has 4 unspecified atom stereocenters. The van der Waals surface area contributed by atoms with E-state index in [4.69, 9.17) is 16.1 Å². The Kier molecular flexibility index (Phi) is 12.1. The summed E-state index contributed by atoms with van der Waals surface area (Å²) >= 11 is 6.59. The van der Waals surface area contributed by atoms with Crippen LogP contribution in [0.5, 0.6) is 0 Å². The summed E-state index contributed by atoms with van der Waals surface area (Å²) in [7, 11) is 0. The summed E-state index contributed by atoms with van der Waals surface area (Å²) in [6.45, 7) is 3.39. The molecule has 3 aliphatic heterocycles. The number of piperazine rings is 1. The number of piperidine rings is 1. The van der Waals surface area contributed by atoms with Gasteiger partial charge in [0, 0.05) is 62.4 Å². The summed E-state index contributed by atoms with van der Waals surface area (Å²) < 4.78 is 7.31. The molecule has 9 rings (SSSR count). The molecule has 19 heteroatoms. The fourth-order valence-corrected chi connectivity index (χ4v) is 9.48. The first kappa shape index (κ1) is 41.1. The van der Waals surface area contributed by atoms with Crippen molar-refractivity contribution in [2.45, 2.75) is 108 Å². The summed E-state index contributed by atoms with van der Waals surface area (Å²) in [5, 5.41) is 48.5. The normalized spacial score (nSPS) is 21.6. The SMILES string of the molecule is O=C(Nc1cnc(-c2noc(CCCCCC(O)N3CCN(c4ccc5c(c4)CN(C4CCC(O)NC4O)C5=O)CC3)n2)c(Cl)c1)Nc1cnc2ccnn2c1C1CCCC1. The van der Waals surface area contributed by atoms with E-state index in [1.165, 1.54) is 6.20 Å². The lowest BCUT2D eigenvalue weighted by molar-refractivity contribution is -0.0477. The number of pyridine rings is 1. The van der Waals surface area contributed by atoms with E-state index < -0.39 is 24.7 Å². The Morgan fingerprint density at radius 2 is 1.82 bits per heavy atom. The molecule has 61 heavy (non-hydrogen) atoms. The summed E-state index contributed by atoms with van der Waals surface area (Å²) in [6.07, 6.45) is 11.7. The summed E-state index contributed by atoms with van der Waals surface area (Å²) in [6, 6.07) is 8.54. The lowest BCUT2D eigenvalue weighted by Gasteiger charge is -2.38. The van der Waals surface area contributed by atoms with Crippen LogP contribution in [0.15, 0.2) is 53.4 Å². The molecule has 0 radical (unpaired) electrons. The molecule has 3 amide bonds. The zero-order valence-electron chi connectivity index (χ0n) is 33.8. The number of carbonyl (C=O) groups excluding carboxylic acids is 2. The number of aryl methyl sites for hydroxylation is 1. The third-order valence-electron chi connectivity index (χ3n) is 12.5. The second kappa shape index (κ2) is 18.0. The van der Waals surface area contributed by atoms with Crippen LogP contribution in [0.2, 0.25) is 5.02 Å². The number of aromatic nitrogens is 6. The highest BCUT2D eigenvalue weighted by molar-refractivity contribution is 6.33. The van der Waals surface area contributed by atoms with E-state index >= 15 is 0 Å². The van der Waals surface area contributed by atoms with Crippen LogP contribution in [-0.2, 0) is 13.0 Å². The average molecular weight is 855 g/mol. The molecule has 3 fully saturated rings. The number of halogens is 1. The quantitative estimate of drug-likeness (QED) is 0.0883. The number of benzene rings is 1. The molecule has 4 aromatic heterocycles. The Morgan fingerprint density at radius 3 is 2.62 bits per heavy atom. The van der Waals surface area contributed by atoms with E-state index in [9.17, 15) is 24.9 Å². The number of aliphatic hydroxyl groups is 3. The number of rotatable bonds is 13. The number of hydrogen-bond donors (Lipinski definition) is 6. The maximum atomic E-state index is 13.2. The Bertz CT molecular complexity index is 2360. The molecule has 6 N–H and O–H groups in total. The van der Waals surface area contributed by atoms with Gasteiger partial charge in [0.1, 0.15) is 24.4 Å². The first-order chi connectivity index (χ1) is 29.7. The number of unbranched alkanes of at least 4 members (excludes halogenated alkanes) is 2. The van der Waals surface area contributed by atoms with Gasteiger partial charge in [0.05, 0.1) is 46.7 Å². The molecule has 4 aliphatic rings. The third-order valence-corrected chi connectivity index (χ3v) is 12.7. The van der Waals surface area contributed by atoms with E-state index in [0.717, 1.165) is 93.7 Å². The van der Waals surface area contributed by atoms with Crippen molar-refractivity contribution in [2.24, 2.45) is 0 Å². The molecule has 322 valence electrons. The largest absolute Gasteiger partial charge is 0.379 e. The first-order valence-electron chi connectivity index (χ1n) is 21.3. The molecular weight excluding hydrogens is 804 g/mol. The van der Waals surface area contributed by atoms with Crippen LogP contribution < -0.4 is 20.9 Å². The number of urea groups is 1. The second-order valence-corrected chi connectivity index (χ2v) is 16.8. The minimum Gasteiger partial charge on any atom is -0.379 e. The standard InChI is InChI=1S/C42H51ClN12O6/c43-30-21-27(47-42(60)48-31-23-44-33-14-15-46-55(33)38(31)25-6-4-5-7-25)22-45-37(30)39-50-35(61-51-39)8-2-1-3-9-36(57)53-18-16-52(17-19-53)28-10-11-29-26(20-28)24-54(41(29)59)32-12-13-34(56)49-40(32)58/h10-11,14-15,20-23,25,32,34,36,40,49,56-58H,1-9,12-13,16-19,24H2,(H2,47,48,60). The van der Waals surface area contributed by atoms with Gasteiger partial charge in [-0.1, -0.05) is 36.0 Å². The number of anilines is 3. The number of nitrogens with one attached hydrogen (secondary N) is 3. The lowest BCUT2D eigenvalue weighted by Crippen LogP contribution is -2.56. The van der Waals surface area contributed by atoms with Crippen LogP contribution in [0, 0.1) is 0 Å². The van der Waals surface area contributed by atoms with Crippen LogP contribution in [-0.4, -0.2) is 118 Å². The fraction of sp³-hybridized carbons (Fsp3) is 0.500. The molecule has 1 aliphatic carbocycles. The van der Waals surface area contributed by atoms with Gasteiger partial charge < -0.3 is 40.3 Å². The van der Waals surface area contributed by atoms with E-state index in [2.05, 4.69) is 57.0 Å². The second-order valence-electron chi connectivity index (χ2n) is 16.4. The zero-order chi connectivity index (χ0) is 42.0. The molecule has 1 saturated carbocycles. The Morgan fingerprint density at radius 1 is 0.984 bits per heavy atom. The number of aliphatic hydroxyl groups excluding tert-OH is 3. The van der Waals surface area contributed by atoms with E-state index in [0.29, 0.717) is 60.8 Å². The molecule has 1 aromatic carbocycles. The van der Waals surface area contributed by atoms with Crippen LogP contribution >= 0.6 is 11.6 Å². The minimum atomic E-state index is -0.966.